The molecule has 1 amide bonds. The lowest BCUT2D eigenvalue weighted by molar-refractivity contribution is -0.121. The molecule has 0 saturated carbocycles. The molecule has 1 atom stereocenters. The molecule has 1 saturated heterocycles. The molecule has 1 rings (SSSR count). The summed E-state index contributed by atoms with van der Waals surface area (Å²) in [6.07, 6.45) is 3.90. The van der Waals surface area contributed by atoms with E-state index < -0.39 is 0 Å². The van der Waals surface area contributed by atoms with Crippen LogP contribution in [0.4, 0.5) is 0 Å². The highest BCUT2D eigenvalue weighted by atomic mass is 35.5. The van der Waals surface area contributed by atoms with Crippen molar-refractivity contribution >= 4 is 29.3 Å². The van der Waals surface area contributed by atoms with E-state index in [0.717, 1.165) is 13.0 Å². The first-order chi connectivity index (χ1) is 6.33. The Morgan fingerprint density at radius 3 is 3.08 bits per heavy atom. The van der Waals surface area contributed by atoms with Crippen LogP contribution < -0.4 is 5.32 Å². The monoisotopic (exact) mass is 221 g/mol. The Morgan fingerprint density at radius 2 is 2.46 bits per heavy atom. The minimum Gasteiger partial charge on any atom is -0.355 e. The number of thioether (sulfide) groups is 1. The quantitative estimate of drug-likeness (QED) is 0.720. The zero-order valence-electron chi connectivity index (χ0n) is 7.72. The van der Waals surface area contributed by atoms with Crippen LogP contribution in [0, 0.1) is 0 Å². The average molecular weight is 222 g/mol. The molecule has 0 aromatic carbocycles. The molecule has 76 valence electrons. The van der Waals surface area contributed by atoms with Crippen molar-refractivity contribution in [1.29, 1.82) is 0 Å². The van der Waals surface area contributed by atoms with Gasteiger partial charge in [-0.15, -0.1) is 11.6 Å². The minimum atomic E-state index is 0.146. The highest BCUT2D eigenvalue weighted by Crippen LogP contribution is 2.25. The van der Waals surface area contributed by atoms with Crippen LogP contribution in [0.3, 0.4) is 0 Å². The molecule has 1 fully saturated rings. The van der Waals surface area contributed by atoms with Crippen LogP contribution in [-0.4, -0.2) is 29.3 Å². The number of amides is 1. The number of hydrogen-bond donors (Lipinski definition) is 1. The Bertz CT molecular complexity index is 160. The van der Waals surface area contributed by atoms with Gasteiger partial charge in [0, 0.05) is 24.1 Å². The molecule has 4 heteroatoms. The summed E-state index contributed by atoms with van der Waals surface area (Å²) in [5.41, 5.74) is 0. The normalized spacial score (nSPS) is 21.8. The van der Waals surface area contributed by atoms with Crippen LogP contribution in [0.5, 0.6) is 0 Å². The number of carbonyl (C=O) groups is 1. The lowest BCUT2D eigenvalue weighted by atomic mass is 10.2. The molecule has 0 aromatic heterocycles. The molecule has 1 unspecified atom stereocenters. The van der Waals surface area contributed by atoms with E-state index >= 15 is 0 Å². The van der Waals surface area contributed by atoms with E-state index in [1.165, 1.54) is 18.6 Å². The summed E-state index contributed by atoms with van der Waals surface area (Å²) in [5, 5.41) is 3.59. The lowest BCUT2D eigenvalue weighted by Crippen LogP contribution is -2.29. The summed E-state index contributed by atoms with van der Waals surface area (Å²) >= 11 is 7.46. The standard InChI is InChI=1S/C9H16ClNOS/c10-5-1-4-9(12)11-7-8-3-2-6-13-8/h8H,1-7H2,(H,11,12). The molecule has 1 N–H and O–H groups in total. The van der Waals surface area contributed by atoms with E-state index in [4.69, 9.17) is 11.6 Å². The fourth-order valence-electron chi connectivity index (χ4n) is 1.35. The molecule has 13 heavy (non-hydrogen) atoms. The predicted octanol–water partition coefficient (Wildman–Crippen LogP) is 2.02. The Hall–Kier alpha value is 0.110. The second-order valence-electron chi connectivity index (χ2n) is 3.23. The summed E-state index contributed by atoms with van der Waals surface area (Å²) in [4.78, 5) is 11.2. The van der Waals surface area contributed by atoms with E-state index in [2.05, 4.69) is 5.32 Å². The topological polar surface area (TPSA) is 29.1 Å². The van der Waals surface area contributed by atoms with Crippen molar-refractivity contribution in [2.45, 2.75) is 30.9 Å². The largest absolute Gasteiger partial charge is 0.355 e. The highest BCUT2D eigenvalue weighted by Gasteiger charge is 2.15. The number of rotatable bonds is 5. The maximum absolute atomic E-state index is 11.2. The minimum absolute atomic E-state index is 0.146. The molecule has 1 aliphatic rings. The summed E-state index contributed by atoms with van der Waals surface area (Å²) in [7, 11) is 0. The van der Waals surface area contributed by atoms with Crippen LogP contribution in [0.1, 0.15) is 25.7 Å². The first kappa shape index (κ1) is 11.2. The van der Waals surface area contributed by atoms with Crippen LogP contribution >= 0.6 is 23.4 Å². The fourth-order valence-corrected chi connectivity index (χ4v) is 2.68. The Kier molecular flexibility index (Phi) is 5.63. The van der Waals surface area contributed by atoms with E-state index in [0.29, 0.717) is 17.6 Å². The highest BCUT2D eigenvalue weighted by molar-refractivity contribution is 8.00. The zero-order valence-corrected chi connectivity index (χ0v) is 9.29. The Morgan fingerprint density at radius 1 is 1.62 bits per heavy atom. The number of nitrogens with one attached hydrogen (secondary N) is 1. The van der Waals surface area contributed by atoms with Gasteiger partial charge in [-0.05, 0) is 25.0 Å². The smallest absolute Gasteiger partial charge is 0.220 e. The third-order valence-corrected chi connectivity index (χ3v) is 3.75. The number of carbonyl (C=O) groups excluding carboxylic acids is 1. The summed E-state index contributed by atoms with van der Waals surface area (Å²) in [6, 6.07) is 0. The Labute approximate surface area is 88.8 Å². The number of halogens is 1. The number of hydrogen-bond acceptors (Lipinski definition) is 2. The van der Waals surface area contributed by atoms with E-state index in [1.54, 1.807) is 0 Å². The van der Waals surface area contributed by atoms with Gasteiger partial charge in [0.2, 0.25) is 5.91 Å². The summed E-state index contributed by atoms with van der Waals surface area (Å²) < 4.78 is 0. The predicted molar refractivity (Wildman–Crippen MR) is 58.4 cm³/mol. The van der Waals surface area contributed by atoms with Crippen LogP contribution in [-0.2, 0) is 4.79 Å². The van der Waals surface area contributed by atoms with E-state index in [1.807, 2.05) is 11.8 Å². The molecule has 0 spiro atoms. The molecular weight excluding hydrogens is 206 g/mol. The molecule has 0 aliphatic carbocycles. The van der Waals surface area contributed by atoms with Gasteiger partial charge >= 0.3 is 0 Å². The fraction of sp³-hybridized carbons (Fsp3) is 0.889. The number of alkyl halides is 1. The van der Waals surface area contributed by atoms with E-state index in [9.17, 15) is 4.79 Å². The van der Waals surface area contributed by atoms with E-state index in [-0.39, 0.29) is 5.91 Å². The molecule has 2 nitrogen and oxygen atoms in total. The van der Waals surface area contributed by atoms with Crippen molar-refractivity contribution in [2.75, 3.05) is 18.2 Å². The third kappa shape index (κ3) is 4.77. The first-order valence-corrected chi connectivity index (χ1v) is 6.35. The van der Waals surface area contributed by atoms with Gasteiger partial charge in [-0.3, -0.25) is 4.79 Å². The van der Waals surface area contributed by atoms with Crippen molar-refractivity contribution in [2.24, 2.45) is 0 Å². The summed E-state index contributed by atoms with van der Waals surface area (Å²) in [6.45, 7) is 0.839. The van der Waals surface area contributed by atoms with Crippen LogP contribution in [0.2, 0.25) is 0 Å². The van der Waals surface area contributed by atoms with Crippen molar-refractivity contribution in [3.63, 3.8) is 0 Å². The molecule has 0 aromatic rings. The van der Waals surface area contributed by atoms with Gasteiger partial charge in [0.05, 0.1) is 0 Å². The molecule has 0 bridgehead atoms. The molecule has 1 aliphatic heterocycles. The lowest BCUT2D eigenvalue weighted by Gasteiger charge is -2.09. The average Bonchev–Trinajstić information content (AvgIpc) is 2.64. The first-order valence-electron chi connectivity index (χ1n) is 4.77. The van der Waals surface area contributed by atoms with Gasteiger partial charge in [0.25, 0.3) is 0 Å². The van der Waals surface area contributed by atoms with Gasteiger partial charge in [-0.1, -0.05) is 0 Å². The molecule has 1 heterocycles. The van der Waals surface area contributed by atoms with Crippen molar-refractivity contribution < 1.29 is 4.79 Å². The maximum atomic E-state index is 11.2. The Balaban J connectivity index is 2.00. The molecular formula is C9H16ClNOS. The van der Waals surface area contributed by atoms with Crippen LogP contribution in [0.25, 0.3) is 0 Å². The second kappa shape index (κ2) is 6.55. The van der Waals surface area contributed by atoms with Gasteiger partial charge < -0.3 is 5.32 Å². The van der Waals surface area contributed by atoms with Crippen molar-refractivity contribution in [1.82, 2.24) is 5.32 Å². The maximum Gasteiger partial charge on any atom is 0.220 e. The summed E-state index contributed by atoms with van der Waals surface area (Å²) in [5.74, 6) is 1.97. The third-order valence-electron chi connectivity index (χ3n) is 2.09. The SMILES string of the molecule is O=C(CCCCl)NCC1CCCS1. The van der Waals surface area contributed by atoms with Gasteiger partial charge in [0.15, 0.2) is 0 Å². The van der Waals surface area contributed by atoms with Crippen LogP contribution in [0.15, 0.2) is 0 Å². The second-order valence-corrected chi connectivity index (χ2v) is 5.02. The zero-order chi connectivity index (χ0) is 9.52. The van der Waals surface area contributed by atoms with Gasteiger partial charge in [0.1, 0.15) is 0 Å². The van der Waals surface area contributed by atoms with Gasteiger partial charge in [-0.25, -0.2) is 0 Å². The molecule has 0 radical (unpaired) electrons. The van der Waals surface area contributed by atoms with Crippen molar-refractivity contribution in [3.05, 3.63) is 0 Å². The van der Waals surface area contributed by atoms with Crippen molar-refractivity contribution in [3.8, 4) is 0 Å². The van der Waals surface area contributed by atoms with Gasteiger partial charge in [-0.2, -0.15) is 11.8 Å².